The molecule has 1 aromatic carbocycles. The molecule has 0 aliphatic carbocycles. The first-order valence-electron chi connectivity index (χ1n) is 5.65. The summed E-state index contributed by atoms with van der Waals surface area (Å²) in [6, 6.07) is 9.51. The minimum absolute atomic E-state index is 0. The molecule has 0 saturated carbocycles. The number of anilines is 1. The molecule has 0 fully saturated rings. The Labute approximate surface area is 110 Å². The van der Waals surface area contributed by atoms with E-state index in [0.717, 1.165) is 11.4 Å². The molecule has 0 heterocycles. The van der Waals surface area contributed by atoms with Gasteiger partial charge in [-0.05, 0) is 32.2 Å². The van der Waals surface area contributed by atoms with E-state index in [9.17, 15) is 4.79 Å². The van der Waals surface area contributed by atoms with Gasteiger partial charge in [-0.2, -0.15) is 11.8 Å². The Hall–Kier alpha value is -1.22. The predicted octanol–water partition coefficient (Wildman–Crippen LogP) is 4.21. The second-order valence-electron chi connectivity index (χ2n) is 3.32. The SMILES string of the molecule is CC=CC.CSCCC(=O)Nc1ccccc1.[HH]. The van der Waals surface area contributed by atoms with E-state index in [1.807, 2.05) is 62.6 Å². The van der Waals surface area contributed by atoms with Gasteiger partial charge in [0.25, 0.3) is 0 Å². The zero-order chi connectivity index (χ0) is 12.9. The van der Waals surface area contributed by atoms with E-state index >= 15 is 0 Å². The van der Waals surface area contributed by atoms with Crippen LogP contribution in [0.15, 0.2) is 42.5 Å². The summed E-state index contributed by atoms with van der Waals surface area (Å²) in [4.78, 5) is 11.2. The summed E-state index contributed by atoms with van der Waals surface area (Å²) in [5.41, 5.74) is 0.869. The molecule has 0 aliphatic rings. The zero-order valence-corrected chi connectivity index (χ0v) is 11.6. The summed E-state index contributed by atoms with van der Waals surface area (Å²) in [6.07, 6.45) is 6.58. The normalized spacial score (nSPS) is 9.59. The fourth-order valence-corrected chi connectivity index (χ4v) is 1.33. The Balaban J connectivity index is 0. The van der Waals surface area contributed by atoms with Crippen LogP contribution in [0.2, 0.25) is 0 Å². The number of hydrogen-bond acceptors (Lipinski definition) is 2. The Morgan fingerprint density at radius 1 is 1.29 bits per heavy atom. The molecule has 0 atom stereocenters. The van der Waals surface area contributed by atoms with Gasteiger partial charge in [0, 0.05) is 19.3 Å². The van der Waals surface area contributed by atoms with Crippen molar-refractivity contribution in [2.75, 3.05) is 17.3 Å². The number of para-hydroxylation sites is 1. The van der Waals surface area contributed by atoms with Crippen molar-refractivity contribution >= 4 is 23.4 Å². The van der Waals surface area contributed by atoms with Crippen LogP contribution >= 0.6 is 11.8 Å². The highest BCUT2D eigenvalue weighted by atomic mass is 32.2. The lowest BCUT2D eigenvalue weighted by molar-refractivity contribution is -0.115. The molecular formula is C14H23NOS. The van der Waals surface area contributed by atoms with Crippen molar-refractivity contribution in [3.63, 3.8) is 0 Å². The monoisotopic (exact) mass is 253 g/mol. The van der Waals surface area contributed by atoms with E-state index in [1.54, 1.807) is 11.8 Å². The number of carbonyl (C=O) groups excluding carboxylic acids is 1. The molecule has 0 aromatic heterocycles. The molecule has 0 bridgehead atoms. The lowest BCUT2D eigenvalue weighted by Gasteiger charge is -2.03. The maximum absolute atomic E-state index is 11.2. The van der Waals surface area contributed by atoms with E-state index in [1.165, 1.54) is 0 Å². The van der Waals surface area contributed by atoms with Crippen LogP contribution in [0, 0.1) is 0 Å². The first-order valence-corrected chi connectivity index (χ1v) is 7.05. The maximum atomic E-state index is 11.2. The molecule has 0 radical (unpaired) electrons. The predicted molar refractivity (Wildman–Crippen MR) is 80.7 cm³/mol. The van der Waals surface area contributed by atoms with Gasteiger partial charge < -0.3 is 5.32 Å². The number of amides is 1. The van der Waals surface area contributed by atoms with Gasteiger partial charge in [0.2, 0.25) is 5.91 Å². The molecule has 3 heteroatoms. The average molecular weight is 253 g/mol. The summed E-state index contributed by atoms with van der Waals surface area (Å²) in [5.74, 6) is 0.958. The number of benzene rings is 1. The van der Waals surface area contributed by atoms with Crippen molar-refractivity contribution in [3.05, 3.63) is 42.5 Å². The fraction of sp³-hybridized carbons (Fsp3) is 0.357. The molecule has 2 nitrogen and oxygen atoms in total. The van der Waals surface area contributed by atoms with Gasteiger partial charge in [0.15, 0.2) is 0 Å². The van der Waals surface area contributed by atoms with E-state index in [0.29, 0.717) is 6.42 Å². The Morgan fingerprint density at radius 3 is 2.35 bits per heavy atom. The summed E-state index contributed by atoms with van der Waals surface area (Å²) in [7, 11) is 0. The number of hydrogen-bond donors (Lipinski definition) is 1. The number of carbonyl (C=O) groups is 1. The average Bonchev–Trinajstić information content (AvgIpc) is 2.38. The van der Waals surface area contributed by atoms with Crippen LogP contribution in [0.25, 0.3) is 0 Å². The molecule has 1 amide bonds. The molecule has 1 aromatic rings. The second-order valence-corrected chi connectivity index (χ2v) is 4.31. The highest BCUT2D eigenvalue weighted by Gasteiger charge is 1.99. The lowest BCUT2D eigenvalue weighted by Crippen LogP contribution is -2.11. The van der Waals surface area contributed by atoms with E-state index < -0.39 is 0 Å². The van der Waals surface area contributed by atoms with Gasteiger partial charge in [-0.3, -0.25) is 4.79 Å². The quantitative estimate of drug-likeness (QED) is 0.815. The van der Waals surface area contributed by atoms with Crippen LogP contribution < -0.4 is 5.32 Å². The van der Waals surface area contributed by atoms with Crippen LogP contribution in [0.1, 0.15) is 21.7 Å². The lowest BCUT2D eigenvalue weighted by atomic mass is 10.3. The first-order chi connectivity index (χ1) is 8.24. The third kappa shape index (κ3) is 9.69. The van der Waals surface area contributed by atoms with E-state index in [2.05, 4.69) is 5.32 Å². The summed E-state index contributed by atoms with van der Waals surface area (Å²) in [6.45, 7) is 4.00. The van der Waals surface area contributed by atoms with Crippen LogP contribution in [-0.2, 0) is 4.79 Å². The number of rotatable bonds is 4. The second kappa shape index (κ2) is 11.3. The van der Waals surface area contributed by atoms with Crippen molar-refractivity contribution in [2.24, 2.45) is 0 Å². The van der Waals surface area contributed by atoms with Gasteiger partial charge in [-0.25, -0.2) is 0 Å². The Bertz CT molecular complexity index is 324. The standard InChI is InChI=1S/C10H13NOS.C4H8.H2/c1-13-8-7-10(12)11-9-5-3-2-4-6-9;1-3-4-2;/h2-6H,7-8H2,1H3,(H,11,12);3-4H,1-2H3;1H. The summed E-state index contributed by atoms with van der Waals surface area (Å²) in [5, 5.41) is 2.82. The van der Waals surface area contributed by atoms with Crippen LogP contribution in [0.3, 0.4) is 0 Å². The minimum atomic E-state index is 0. The third-order valence-electron chi connectivity index (χ3n) is 1.92. The van der Waals surface area contributed by atoms with Gasteiger partial charge >= 0.3 is 0 Å². The molecule has 0 unspecified atom stereocenters. The van der Waals surface area contributed by atoms with Crippen molar-refractivity contribution < 1.29 is 6.22 Å². The first kappa shape index (κ1) is 15.8. The van der Waals surface area contributed by atoms with E-state index in [4.69, 9.17) is 0 Å². The van der Waals surface area contributed by atoms with Crippen molar-refractivity contribution in [2.45, 2.75) is 20.3 Å². The van der Waals surface area contributed by atoms with Gasteiger partial charge in [-0.15, -0.1) is 0 Å². The highest BCUT2D eigenvalue weighted by Crippen LogP contribution is 2.06. The van der Waals surface area contributed by atoms with Crippen molar-refractivity contribution in [1.29, 1.82) is 0 Å². The Morgan fingerprint density at radius 2 is 1.88 bits per heavy atom. The van der Waals surface area contributed by atoms with Gasteiger partial charge in [-0.1, -0.05) is 30.4 Å². The van der Waals surface area contributed by atoms with Gasteiger partial charge in [0.1, 0.15) is 0 Å². The summed E-state index contributed by atoms with van der Waals surface area (Å²) >= 11 is 1.68. The molecule has 1 rings (SSSR count). The molecule has 0 spiro atoms. The van der Waals surface area contributed by atoms with E-state index in [-0.39, 0.29) is 7.33 Å². The number of thioether (sulfide) groups is 1. The molecule has 0 aliphatic heterocycles. The van der Waals surface area contributed by atoms with Crippen LogP contribution in [0.5, 0.6) is 0 Å². The van der Waals surface area contributed by atoms with Gasteiger partial charge in [0.05, 0.1) is 0 Å². The number of nitrogens with one attached hydrogen (secondary N) is 1. The largest absolute Gasteiger partial charge is 0.326 e. The topological polar surface area (TPSA) is 29.1 Å². The Kier molecular flexibility index (Phi) is 10.5. The third-order valence-corrected chi connectivity index (χ3v) is 2.54. The molecule has 17 heavy (non-hydrogen) atoms. The van der Waals surface area contributed by atoms with Crippen LogP contribution in [-0.4, -0.2) is 17.9 Å². The van der Waals surface area contributed by atoms with Crippen LogP contribution in [0.4, 0.5) is 5.69 Å². The molecule has 96 valence electrons. The number of allylic oxidation sites excluding steroid dienone is 2. The summed E-state index contributed by atoms with van der Waals surface area (Å²) < 4.78 is 0. The molecular weight excluding hydrogens is 230 g/mol. The maximum Gasteiger partial charge on any atom is 0.225 e. The zero-order valence-electron chi connectivity index (χ0n) is 10.8. The molecule has 0 saturated heterocycles. The highest BCUT2D eigenvalue weighted by molar-refractivity contribution is 7.98. The smallest absolute Gasteiger partial charge is 0.225 e. The molecule has 1 N–H and O–H groups in total. The minimum Gasteiger partial charge on any atom is -0.326 e. The van der Waals surface area contributed by atoms with Crippen molar-refractivity contribution in [3.8, 4) is 0 Å². The van der Waals surface area contributed by atoms with Crippen molar-refractivity contribution in [1.82, 2.24) is 0 Å². The fourth-order valence-electron chi connectivity index (χ4n) is 0.940.